The van der Waals surface area contributed by atoms with Crippen molar-refractivity contribution in [2.24, 2.45) is 0 Å². The number of thiazole rings is 1. The van der Waals surface area contributed by atoms with Crippen molar-refractivity contribution in [3.8, 4) is 16.3 Å². The van der Waals surface area contributed by atoms with E-state index in [2.05, 4.69) is 15.6 Å². The molecule has 3 N–H and O–H groups in total. The third kappa shape index (κ3) is 3.54. The number of hydrogen-bond acceptors (Lipinski definition) is 8. The van der Waals surface area contributed by atoms with Gasteiger partial charge in [0.2, 0.25) is 0 Å². The Labute approximate surface area is 181 Å². The molecule has 9 nitrogen and oxygen atoms in total. The van der Waals surface area contributed by atoms with Crippen molar-refractivity contribution < 1.29 is 14.3 Å². The molecule has 2 aliphatic heterocycles. The maximum Gasteiger partial charge on any atom is 0.262 e. The fourth-order valence-electron chi connectivity index (χ4n) is 3.80. The monoisotopic (exact) mass is 437 g/mol. The number of carbonyl (C=O) groups excluding carboxylic acids is 2. The number of nitrogen functional groups attached to an aromatic ring is 1. The Morgan fingerprint density at radius 3 is 2.58 bits per heavy atom. The average Bonchev–Trinajstić information content (AvgIpc) is 3.33. The number of aromatic nitrogens is 2. The normalized spacial score (nSPS) is 16.4. The summed E-state index contributed by atoms with van der Waals surface area (Å²) >= 11 is 1.56. The standard InChI is InChI=1S/C21H19N5O4S/c22-18-17-15(19(28)24-20(17)29)9-16(27)26(18)14-3-1-12(2-4-14)21-23-13(11-31-21)10-25-5-7-30-8-6-25/h1-4,9,11H,5-8,10,22H2,(H,24,28,29). The molecule has 1 fully saturated rings. The van der Waals surface area contributed by atoms with Gasteiger partial charge in [0.15, 0.2) is 0 Å². The van der Waals surface area contributed by atoms with Gasteiger partial charge in [0.1, 0.15) is 10.8 Å². The Bertz CT molecular complexity index is 1240. The third-order valence-corrected chi connectivity index (χ3v) is 6.31. The number of benzene rings is 1. The van der Waals surface area contributed by atoms with E-state index in [0.717, 1.165) is 55.2 Å². The first-order valence-corrected chi connectivity index (χ1v) is 10.7. The van der Waals surface area contributed by atoms with Crippen LogP contribution in [-0.4, -0.2) is 52.6 Å². The fourth-order valence-corrected chi connectivity index (χ4v) is 4.62. The zero-order chi connectivity index (χ0) is 21.5. The van der Waals surface area contributed by atoms with Crippen LogP contribution in [0.5, 0.6) is 0 Å². The molecule has 1 aromatic carbocycles. The van der Waals surface area contributed by atoms with Crippen molar-refractivity contribution in [3.63, 3.8) is 0 Å². The average molecular weight is 437 g/mol. The van der Waals surface area contributed by atoms with Crippen molar-refractivity contribution in [1.29, 1.82) is 0 Å². The van der Waals surface area contributed by atoms with Crippen LogP contribution in [0.25, 0.3) is 16.3 Å². The van der Waals surface area contributed by atoms with Crippen LogP contribution in [0.2, 0.25) is 0 Å². The van der Waals surface area contributed by atoms with Crippen LogP contribution in [-0.2, 0) is 11.3 Å². The number of nitrogens with zero attached hydrogens (tertiary/aromatic N) is 3. The van der Waals surface area contributed by atoms with Gasteiger partial charge in [-0.25, -0.2) is 4.98 Å². The minimum Gasteiger partial charge on any atom is -0.384 e. The Hall–Kier alpha value is -3.34. The summed E-state index contributed by atoms with van der Waals surface area (Å²) in [4.78, 5) is 43.5. The van der Waals surface area contributed by atoms with Gasteiger partial charge in [0.25, 0.3) is 17.4 Å². The van der Waals surface area contributed by atoms with Crippen molar-refractivity contribution in [1.82, 2.24) is 19.8 Å². The first kappa shape index (κ1) is 19.6. The molecule has 31 heavy (non-hydrogen) atoms. The molecule has 0 aliphatic carbocycles. The highest BCUT2D eigenvalue weighted by Gasteiger charge is 2.31. The zero-order valence-corrected chi connectivity index (χ0v) is 17.3. The molecule has 0 bridgehead atoms. The SMILES string of the molecule is Nc1c2c(cc(=O)n1-c1ccc(-c3nc(CN4CCOCC4)cs3)cc1)C(=O)NC2=O. The molecule has 0 saturated carbocycles. The van der Waals surface area contributed by atoms with Crippen LogP contribution in [0.3, 0.4) is 0 Å². The number of fused-ring (bicyclic) bond motifs is 1. The number of ether oxygens (including phenoxy) is 1. The molecule has 2 amide bonds. The highest BCUT2D eigenvalue weighted by molar-refractivity contribution is 7.13. The van der Waals surface area contributed by atoms with E-state index in [1.165, 1.54) is 4.57 Å². The van der Waals surface area contributed by atoms with Crippen molar-refractivity contribution in [3.05, 3.63) is 62.9 Å². The molecule has 4 heterocycles. The Balaban J connectivity index is 1.41. The second-order valence-electron chi connectivity index (χ2n) is 7.35. The second-order valence-corrected chi connectivity index (χ2v) is 8.21. The van der Waals surface area contributed by atoms with Gasteiger partial charge in [0.05, 0.1) is 35.7 Å². The number of nitrogens with two attached hydrogens (primary N) is 1. The van der Waals surface area contributed by atoms with Crippen molar-refractivity contribution >= 4 is 29.0 Å². The number of carbonyl (C=O) groups is 2. The molecule has 10 heteroatoms. The summed E-state index contributed by atoms with van der Waals surface area (Å²) in [6, 6.07) is 8.35. The zero-order valence-electron chi connectivity index (χ0n) is 16.5. The number of pyridine rings is 1. The first-order chi connectivity index (χ1) is 15.0. The van der Waals surface area contributed by atoms with Crippen LogP contribution in [0.4, 0.5) is 5.82 Å². The lowest BCUT2D eigenvalue weighted by atomic mass is 10.1. The lowest BCUT2D eigenvalue weighted by Crippen LogP contribution is -2.35. The van der Waals surface area contributed by atoms with Gasteiger partial charge in [0, 0.05) is 36.6 Å². The van der Waals surface area contributed by atoms with Gasteiger partial charge >= 0.3 is 0 Å². The van der Waals surface area contributed by atoms with Crippen LogP contribution in [0.15, 0.2) is 40.5 Å². The van der Waals surface area contributed by atoms with Gasteiger partial charge in [-0.2, -0.15) is 0 Å². The summed E-state index contributed by atoms with van der Waals surface area (Å²) in [5, 5.41) is 5.10. The molecule has 0 atom stereocenters. The number of imide groups is 1. The van der Waals surface area contributed by atoms with Crippen molar-refractivity contribution in [2.75, 3.05) is 32.0 Å². The maximum atomic E-state index is 12.6. The third-order valence-electron chi connectivity index (χ3n) is 5.37. The van der Waals surface area contributed by atoms with Gasteiger partial charge in [-0.15, -0.1) is 11.3 Å². The topological polar surface area (TPSA) is 120 Å². The summed E-state index contributed by atoms with van der Waals surface area (Å²) in [5.74, 6) is -1.26. The number of amides is 2. The van der Waals surface area contributed by atoms with E-state index in [4.69, 9.17) is 15.5 Å². The Morgan fingerprint density at radius 2 is 1.84 bits per heavy atom. The van der Waals surface area contributed by atoms with E-state index in [9.17, 15) is 14.4 Å². The Morgan fingerprint density at radius 1 is 1.10 bits per heavy atom. The number of anilines is 1. The lowest BCUT2D eigenvalue weighted by molar-refractivity contribution is 0.0337. The highest BCUT2D eigenvalue weighted by atomic mass is 32.1. The number of nitrogens with one attached hydrogen (secondary N) is 1. The predicted molar refractivity (Wildman–Crippen MR) is 115 cm³/mol. The summed E-state index contributed by atoms with van der Waals surface area (Å²) in [6.07, 6.45) is 0. The second kappa shape index (κ2) is 7.73. The smallest absolute Gasteiger partial charge is 0.262 e. The number of morpholine rings is 1. The maximum absolute atomic E-state index is 12.6. The summed E-state index contributed by atoms with van der Waals surface area (Å²) in [5.41, 5.74) is 8.09. The van der Waals surface area contributed by atoms with E-state index in [-0.39, 0.29) is 16.9 Å². The summed E-state index contributed by atoms with van der Waals surface area (Å²) in [6.45, 7) is 4.10. The summed E-state index contributed by atoms with van der Waals surface area (Å²) < 4.78 is 6.61. The van der Waals surface area contributed by atoms with E-state index in [1.807, 2.05) is 12.1 Å². The molecule has 2 aliphatic rings. The first-order valence-electron chi connectivity index (χ1n) is 9.78. The van der Waals surface area contributed by atoms with Crippen LogP contribution < -0.4 is 16.6 Å². The molecular weight excluding hydrogens is 418 g/mol. The van der Waals surface area contributed by atoms with E-state index in [0.29, 0.717) is 5.69 Å². The molecule has 3 aromatic rings. The van der Waals surface area contributed by atoms with Gasteiger partial charge in [-0.3, -0.25) is 29.2 Å². The van der Waals surface area contributed by atoms with Crippen LogP contribution >= 0.6 is 11.3 Å². The Kier molecular flexibility index (Phi) is 4.89. The molecule has 2 aromatic heterocycles. The fraction of sp³-hybridized carbons (Fsp3) is 0.238. The quantitative estimate of drug-likeness (QED) is 0.590. The predicted octanol–water partition coefficient (Wildman–Crippen LogP) is 1.26. The minimum atomic E-state index is -0.608. The minimum absolute atomic E-state index is 0.0101. The van der Waals surface area contributed by atoms with Gasteiger partial charge < -0.3 is 10.5 Å². The summed E-state index contributed by atoms with van der Waals surface area (Å²) in [7, 11) is 0. The van der Waals surface area contributed by atoms with Crippen LogP contribution in [0, 0.1) is 0 Å². The van der Waals surface area contributed by atoms with E-state index < -0.39 is 17.4 Å². The molecule has 0 radical (unpaired) electrons. The largest absolute Gasteiger partial charge is 0.384 e. The molecule has 0 spiro atoms. The van der Waals surface area contributed by atoms with Crippen LogP contribution in [0.1, 0.15) is 26.4 Å². The van der Waals surface area contributed by atoms with E-state index >= 15 is 0 Å². The molecule has 1 saturated heterocycles. The number of hydrogen-bond donors (Lipinski definition) is 2. The van der Waals surface area contributed by atoms with E-state index in [1.54, 1.807) is 23.5 Å². The van der Waals surface area contributed by atoms with Gasteiger partial charge in [-0.1, -0.05) is 0 Å². The molecule has 158 valence electrons. The van der Waals surface area contributed by atoms with Crippen molar-refractivity contribution in [2.45, 2.75) is 6.54 Å². The highest BCUT2D eigenvalue weighted by Crippen LogP contribution is 2.27. The molecular formula is C21H19N5O4S. The molecule has 0 unspecified atom stereocenters. The van der Waals surface area contributed by atoms with Gasteiger partial charge in [-0.05, 0) is 24.3 Å². The lowest BCUT2D eigenvalue weighted by Gasteiger charge is -2.25. The molecule has 5 rings (SSSR count). The number of rotatable bonds is 4.